The molecule has 2 aromatic carbocycles. The Bertz CT molecular complexity index is 989. The molecule has 4 nitrogen and oxygen atoms in total. The number of nitrogens with two attached hydrogens (primary N) is 1. The van der Waals surface area contributed by atoms with Crippen molar-refractivity contribution < 1.29 is 0 Å². The average molecular weight is 427 g/mol. The van der Waals surface area contributed by atoms with Crippen LogP contribution in [0, 0.1) is 5.92 Å². The van der Waals surface area contributed by atoms with E-state index in [9.17, 15) is 0 Å². The van der Waals surface area contributed by atoms with Crippen LogP contribution in [0.1, 0.15) is 37.7 Å². The fourth-order valence-electron chi connectivity index (χ4n) is 5.15. The third kappa shape index (κ3) is 3.13. The molecule has 3 aliphatic rings. The summed E-state index contributed by atoms with van der Waals surface area (Å²) in [4.78, 5) is 12.2. The lowest BCUT2D eigenvalue weighted by Crippen LogP contribution is -2.48. The van der Waals surface area contributed by atoms with Gasteiger partial charge >= 0.3 is 0 Å². The van der Waals surface area contributed by atoms with Crippen LogP contribution in [0.2, 0.25) is 10.0 Å². The first-order valence-electron chi connectivity index (χ1n) is 10.3. The molecular formula is C23H24Cl2N4. The number of guanidine groups is 1. The van der Waals surface area contributed by atoms with E-state index in [1.54, 1.807) is 6.07 Å². The van der Waals surface area contributed by atoms with Crippen molar-refractivity contribution in [2.24, 2.45) is 21.6 Å². The van der Waals surface area contributed by atoms with E-state index >= 15 is 0 Å². The number of amidine groups is 1. The molecule has 2 aliphatic heterocycles. The minimum Gasteiger partial charge on any atom is -0.369 e. The zero-order valence-electron chi connectivity index (χ0n) is 16.2. The zero-order valence-corrected chi connectivity index (χ0v) is 17.8. The summed E-state index contributed by atoms with van der Waals surface area (Å²) in [5.41, 5.74) is 9.17. The standard InChI is InChI=1S/C23H24Cl2N4/c24-19-12-16(13-20(25)14-19)15-5-3-8-18(11-15)23(17-6-1-2-7-17)21-27-9-4-10-29(21)22(26)28-23/h3,5,8,11-14,17H,1-2,4,6-7,9-10H2,(H2,26,28). The fraction of sp³-hybridized carbons (Fsp3) is 0.391. The highest BCUT2D eigenvalue weighted by Crippen LogP contribution is 2.48. The van der Waals surface area contributed by atoms with E-state index in [-0.39, 0.29) is 0 Å². The molecule has 0 aromatic heterocycles. The highest BCUT2D eigenvalue weighted by molar-refractivity contribution is 6.35. The van der Waals surface area contributed by atoms with Crippen LogP contribution in [0.3, 0.4) is 0 Å². The SMILES string of the molecule is NC1=NC(c2cccc(-c3cc(Cl)cc(Cl)c3)c2)(C2CCCC2)C2=NCCCN12. The van der Waals surface area contributed by atoms with E-state index in [0.717, 1.165) is 54.9 Å². The van der Waals surface area contributed by atoms with Crippen LogP contribution in [0.25, 0.3) is 11.1 Å². The number of aliphatic imine (C=N–C) groups is 2. The van der Waals surface area contributed by atoms with Crippen molar-refractivity contribution in [2.45, 2.75) is 37.6 Å². The van der Waals surface area contributed by atoms with Gasteiger partial charge in [-0.1, -0.05) is 54.2 Å². The number of hydrogen-bond donors (Lipinski definition) is 1. The maximum Gasteiger partial charge on any atom is 0.198 e. The Balaban J connectivity index is 1.68. The molecule has 1 unspecified atom stereocenters. The summed E-state index contributed by atoms with van der Waals surface area (Å²) in [6, 6.07) is 14.2. The van der Waals surface area contributed by atoms with E-state index in [0.29, 0.717) is 21.9 Å². The molecule has 2 heterocycles. The van der Waals surface area contributed by atoms with Gasteiger partial charge in [0.1, 0.15) is 11.4 Å². The van der Waals surface area contributed by atoms with Gasteiger partial charge in [-0.3, -0.25) is 9.89 Å². The van der Waals surface area contributed by atoms with Crippen LogP contribution in [0.4, 0.5) is 0 Å². The lowest BCUT2D eigenvalue weighted by Gasteiger charge is -2.37. The van der Waals surface area contributed by atoms with Crippen LogP contribution in [-0.4, -0.2) is 29.8 Å². The van der Waals surface area contributed by atoms with E-state index < -0.39 is 5.54 Å². The number of benzene rings is 2. The Kier molecular flexibility index (Phi) is 4.79. The van der Waals surface area contributed by atoms with Gasteiger partial charge in [0.15, 0.2) is 5.96 Å². The molecule has 2 N–H and O–H groups in total. The molecule has 0 amide bonds. The van der Waals surface area contributed by atoms with Gasteiger partial charge < -0.3 is 5.73 Å². The lowest BCUT2D eigenvalue weighted by atomic mass is 9.75. The van der Waals surface area contributed by atoms with Gasteiger partial charge in [-0.2, -0.15) is 0 Å². The maximum absolute atomic E-state index is 6.42. The molecule has 1 aliphatic carbocycles. The zero-order chi connectivity index (χ0) is 20.0. The van der Waals surface area contributed by atoms with Gasteiger partial charge in [-0.05, 0) is 66.1 Å². The molecule has 1 fully saturated rings. The van der Waals surface area contributed by atoms with Gasteiger partial charge in [0.05, 0.1) is 0 Å². The molecule has 0 radical (unpaired) electrons. The Hall–Kier alpha value is -2.04. The van der Waals surface area contributed by atoms with Crippen LogP contribution in [-0.2, 0) is 5.54 Å². The van der Waals surface area contributed by atoms with E-state index in [2.05, 4.69) is 29.2 Å². The Morgan fingerprint density at radius 1 is 0.966 bits per heavy atom. The predicted octanol–water partition coefficient (Wildman–Crippen LogP) is 5.48. The van der Waals surface area contributed by atoms with Gasteiger partial charge in [0.2, 0.25) is 0 Å². The molecule has 0 bridgehead atoms. The molecule has 6 heteroatoms. The summed E-state index contributed by atoms with van der Waals surface area (Å²) in [5, 5.41) is 1.27. The van der Waals surface area contributed by atoms with Crippen molar-refractivity contribution in [3.8, 4) is 11.1 Å². The summed E-state index contributed by atoms with van der Waals surface area (Å²) in [6.07, 6.45) is 5.78. The summed E-state index contributed by atoms with van der Waals surface area (Å²) in [5.74, 6) is 2.06. The van der Waals surface area contributed by atoms with Crippen molar-refractivity contribution in [1.29, 1.82) is 0 Å². The third-order valence-corrected chi connectivity index (χ3v) is 6.85. The van der Waals surface area contributed by atoms with Gasteiger partial charge in [0, 0.05) is 23.1 Å². The van der Waals surface area contributed by atoms with Crippen molar-refractivity contribution in [2.75, 3.05) is 13.1 Å². The van der Waals surface area contributed by atoms with Crippen LogP contribution >= 0.6 is 23.2 Å². The normalized spacial score (nSPS) is 24.4. The molecule has 29 heavy (non-hydrogen) atoms. The van der Waals surface area contributed by atoms with Crippen LogP contribution in [0.15, 0.2) is 52.4 Å². The van der Waals surface area contributed by atoms with Gasteiger partial charge in [-0.15, -0.1) is 0 Å². The Labute approximate surface area is 181 Å². The second kappa shape index (κ2) is 7.33. The van der Waals surface area contributed by atoms with E-state index in [1.807, 2.05) is 12.1 Å². The number of fused-ring (bicyclic) bond motifs is 1. The molecule has 5 rings (SSSR count). The molecule has 150 valence electrons. The smallest absolute Gasteiger partial charge is 0.198 e. The quantitative estimate of drug-likeness (QED) is 0.706. The van der Waals surface area contributed by atoms with Crippen molar-refractivity contribution >= 4 is 35.0 Å². The molecule has 2 aromatic rings. The Morgan fingerprint density at radius 2 is 1.72 bits per heavy atom. The monoisotopic (exact) mass is 426 g/mol. The average Bonchev–Trinajstić information content (AvgIpc) is 3.35. The second-order valence-corrected chi connectivity index (χ2v) is 9.04. The molecule has 1 atom stereocenters. The summed E-state index contributed by atoms with van der Waals surface area (Å²) >= 11 is 12.5. The highest BCUT2D eigenvalue weighted by Gasteiger charge is 2.53. The topological polar surface area (TPSA) is 54.0 Å². The molecular weight excluding hydrogens is 403 g/mol. The third-order valence-electron chi connectivity index (χ3n) is 6.41. The van der Waals surface area contributed by atoms with Crippen LogP contribution < -0.4 is 5.73 Å². The first-order chi connectivity index (χ1) is 14.1. The van der Waals surface area contributed by atoms with Gasteiger partial charge in [0.25, 0.3) is 0 Å². The first kappa shape index (κ1) is 19.0. The largest absolute Gasteiger partial charge is 0.369 e. The highest BCUT2D eigenvalue weighted by atomic mass is 35.5. The lowest BCUT2D eigenvalue weighted by molar-refractivity contribution is 0.364. The second-order valence-electron chi connectivity index (χ2n) is 8.17. The van der Waals surface area contributed by atoms with Gasteiger partial charge in [-0.25, -0.2) is 4.99 Å². The van der Waals surface area contributed by atoms with E-state index in [1.165, 1.54) is 12.8 Å². The Morgan fingerprint density at radius 3 is 2.48 bits per heavy atom. The molecule has 0 saturated heterocycles. The van der Waals surface area contributed by atoms with Crippen molar-refractivity contribution in [1.82, 2.24) is 4.90 Å². The van der Waals surface area contributed by atoms with Crippen LogP contribution in [0.5, 0.6) is 0 Å². The van der Waals surface area contributed by atoms with Crippen molar-refractivity contribution in [3.63, 3.8) is 0 Å². The van der Waals surface area contributed by atoms with Crippen molar-refractivity contribution in [3.05, 3.63) is 58.1 Å². The number of nitrogens with zero attached hydrogens (tertiary/aromatic N) is 3. The molecule has 1 saturated carbocycles. The maximum atomic E-state index is 6.42. The number of hydrogen-bond acceptors (Lipinski definition) is 4. The summed E-state index contributed by atoms with van der Waals surface area (Å²) in [7, 11) is 0. The van der Waals surface area contributed by atoms with E-state index in [4.69, 9.17) is 38.9 Å². The summed E-state index contributed by atoms with van der Waals surface area (Å²) in [6.45, 7) is 1.74. The number of halogens is 2. The molecule has 0 spiro atoms. The minimum absolute atomic E-state index is 0.418. The number of rotatable bonds is 3. The summed E-state index contributed by atoms with van der Waals surface area (Å²) < 4.78 is 0. The minimum atomic E-state index is -0.487. The fourth-order valence-corrected chi connectivity index (χ4v) is 5.67. The predicted molar refractivity (Wildman–Crippen MR) is 121 cm³/mol. The first-order valence-corrected chi connectivity index (χ1v) is 11.1.